The third kappa shape index (κ3) is 3.00. The van der Waals surface area contributed by atoms with Gasteiger partial charge in [0, 0.05) is 23.6 Å². The van der Waals surface area contributed by atoms with Crippen LogP contribution in [0.1, 0.15) is 84.9 Å². The Hall–Kier alpha value is -1.95. The molecular formula is C20H26N4O2. The topological polar surface area (TPSA) is 80.1 Å². The van der Waals surface area contributed by atoms with Gasteiger partial charge in [-0.05, 0) is 57.7 Å². The molecule has 6 nitrogen and oxygen atoms in total. The smallest absolute Gasteiger partial charge is 0.259 e. The lowest BCUT2D eigenvalue weighted by Crippen LogP contribution is -2.33. The van der Waals surface area contributed by atoms with E-state index in [0.29, 0.717) is 23.6 Å². The Kier molecular flexibility index (Phi) is 4.15. The molecule has 6 heteroatoms. The molecule has 138 valence electrons. The summed E-state index contributed by atoms with van der Waals surface area (Å²) in [6.07, 6.45) is 8.93. The average molecular weight is 354 g/mol. The van der Waals surface area contributed by atoms with Crippen LogP contribution < -0.4 is 10.6 Å². The maximum absolute atomic E-state index is 13.1. The molecule has 1 saturated heterocycles. The van der Waals surface area contributed by atoms with Gasteiger partial charge < -0.3 is 15.2 Å². The third-order valence-electron chi connectivity index (χ3n) is 6.15. The second kappa shape index (κ2) is 6.65. The number of nitrogens with one attached hydrogen (secondary N) is 2. The molecule has 0 radical (unpaired) electrons. The zero-order valence-corrected chi connectivity index (χ0v) is 15.1. The number of rotatable bonds is 4. The number of pyridine rings is 1. The zero-order chi connectivity index (χ0) is 17.5. The van der Waals surface area contributed by atoms with Gasteiger partial charge >= 0.3 is 0 Å². The Morgan fingerprint density at radius 1 is 1.08 bits per heavy atom. The van der Waals surface area contributed by atoms with Crippen molar-refractivity contribution in [2.75, 3.05) is 13.1 Å². The summed E-state index contributed by atoms with van der Waals surface area (Å²) >= 11 is 0. The molecule has 2 aromatic rings. The van der Waals surface area contributed by atoms with Gasteiger partial charge in [-0.2, -0.15) is 0 Å². The van der Waals surface area contributed by atoms with E-state index in [4.69, 9.17) is 9.51 Å². The number of carbonyl (C=O) groups is 1. The molecule has 26 heavy (non-hydrogen) atoms. The van der Waals surface area contributed by atoms with E-state index in [2.05, 4.69) is 15.8 Å². The van der Waals surface area contributed by atoms with Crippen molar-refractivity contribution in [2.45, 2.75) is 69.2 Å². The summed E-state index contributed by atoms with van der Waals surface area (Å²) < 4.78 is 5.62. The van der Waals surface area contributed by atoms with Crippen LogP contribution in [-0.2, 0) is 0 Å². The predicted molar refractivity (Wildman–Crippen MR) is 98.3 cm³/mol. The molecule has 3 aliphatic rings. The minimum Gasteiger partial charge on any atom is -0.349 e. The molecule has 2 aromatic heterocycles. The minimum atomic E-state index is 0.0181. The molecule has 1 amide bonds. The molecule has 0 bridgehead atoms. The van der Waals surface area contributed by atoms with Gasteiger partial charge in [0.05, 0.1) is 16.6 Å². The standard InChI is InChI=1S/C20H26N4O2/c25-19(22-14-3-1-2-4-14)15-11-16(12-5-6-12)23-20-17(15)18(24-26-20)13-7-9-21-10-8-13/h11-14,21H,1-10H2,(H,22,25). The summed E-state index contributed by atoms with van der Waals surface area (Å²) in [7, 11) is 0. The number of hydrogen-bond donors (Lipinski definition) is 2. The Morgan fingerprint density at radius 2 is 1.85 bits per heavy atom. The summed E-state index contributed by atoms with van der Waals surface area (Å²) in [5.41, 5.74) is 3.17. The highest BCUT2D eigenvalue weighted by Gasteiger charge is 2.31. The molecule has 0 atom stereocenters. The van der Waals surface area contributed by atoms with Crippen LogP contribution in [0.5, 0.6) is 0 Å². The predicted octanol–water partition coefficient (Wildman–Crippen LogP) is 3.24. The lowest BCUT2D eigenvalue weighted by Gasteiger charge is -2.21. The van der Waals surface area contributed by atoms with Crippen LogP contribution in [0.3, 0.4) is 0 Å². The summed E-state index contributed by atoms with van der Waals surface area (Å²) in [5.74, 6) is 0.832. The highest BCUT2D eigenvalue weighted by molar-refractivity contribution is 6.06. The Bertz CT molecular complexity index is 815. The maximum atomic E-state index is 13.1. The van der Waals surface area contributed by atoms with Crippen LogP contribution >= 0.6 is 0 Å². The summed E-state index contributed by atoms with van der Waals surface area (Å²) in [5, 5.41) is 11.8. The number of amides is 1. The van der Waals surface area contributed by atoms with E-state index >= 15 is 0 Å². The molecule has 2 saturated carbocycles. The minimum absolute atomic E-state index is 0.0181. The normalized spacial score (nSPS) is 22.2. The molecule has 0 spiro atoms. The molecule has 2 aliphatic carbocycles. The van der Waals surface area contributed by atoms with E-state index in [1.165, 1.54) is 12.8 Å². The highest BCUT2D eigenvalue weighted by Crippen LogP contribution is 2.41. The van der Waals surface area contributed by atoms with Crippen molar-refractivity contribution in [2.24, 2.45) is 0 Å². The van der Waals surface area contributed by atoms with Crippen LogP contribution in [-0.4, -0.2) is 35.2 Å². The van der Waals surface area contributed by atoms with Gasteiger partial charge in [0.2, 0.25) is 0 Å². The number of hydrogen-bond acceptors (Lipinski definition) is 5. The molecule has 3 fully saturated rings. The summed E-state index contributed by atoms with van der Waals surface area (Å²) in [4.78, 5) is 17.8. The first-order chi connectivity index (χ1) is 12.8. The summed E-state index contributed by atoms with van der Waals surface area (Å²) in [6, 6.07) is 2.31. The van der Waals surface area contributed by atoms with Gasteiger partial charge in [-0.3, -0.25) is 4.79 Å². The fraction of sp³-hybridized carbons (Fsp3) is 0.650. The SMILES string of the molecule is O=C(NC1CCCC1)c1cc(C2CC2)nc2onc(C3CCNCC3)c12. The lowest BCUT2D eigenvalue weighted by atomic mass is 9.91. The average Bonchev–Trinajstić information content (AvgIpc) is 3.23. The number of nitrogens with zero attached hydrogens (tertiary/aromatic N) is 2. The maximum Gasteiger partial charge on any atom is 0.259 e. The Labute approximate surface area is 153 Å². The fourth-order valence-electron chi connectivity index (χ4n) is 4.47. The van der Waals surface area contributed by atoms with Gasteiger partial charge in [0.15, 0.2) is 0 Å². The molecule has 1 aliphatic heterocycles. The number of fused-ring (bicyclic) bond motifs is 1. The summed E-state index contributed by atoms with van der Waals surface area (Å²) in [6.45, 7) is 1.96. The molecule has 5 rings (SSSR count). The van der Waals surface area contributed by atoms with Gasteiger partial charge in [0.25, 0.3) is 11.6 Å². The largest absolute Gasteiger partial charge is 0.349 e. The van der Waals surface area contributed by atoms with Gasteiger partial charge in [-0.25, -0.2) is 4.98 Å². The Balaban J connectivity index is 1.55. The fourth-order valence-corrected chi connectivity index (χ4v) is 4.47. The van der Waals surface area contributed by atoms with E-state index in [0.717, 1.165) is 74.0 Å². The van der Waals surface area contributed by atoms with Crippen LogP contribution in [0.2, 0.25) is 0 Å². The molecule has 3 heterocycles. The lowest BCUT2D eigenvalue weighted by molar-refractivity contribution is 0.0939. The van der Waals surface area contributed by atoms with E-state index in [1.807, 2.05) is 6.07 Å². The van der Waals surface area contributed by atoms with Crippen molar-refractivity contribution >= 4 is 17.0 Å². The third-order valence-corrected chi connectivity index (χ3v) is 6.15. The van der Waals surface area contributed by atoms with Crippen LogP contribution in [0.15, 0.2) is 10.6 Å². The van der Waals surface area contributed by atoms with Crippen molar-refractivity contribution in [1.82, 2.24) is 20.8 Å². The van der Waals surface area contributed by atoms with E-state index in [9.17, 15) is 4.79 Å². The first-order valence-electron chi connectivity index (χ1n) is 10.1. The van der Waals surface area contributed by atoms with Crippen molar-refractivity contribution in [3.05, 3.63) is 23.0 Å². The van der Waals surface area contributed by atoms with Crippen LogP contribution in [0.4, 0.5) is 0 Å². The van der Waals surface area contributed by atoms with E-state index < -0.39 is 0 Å². The number of aromatic nitrogens is 2. The molecule has 0 unspecified atom stereocenters. The van der Waals surface area contributed by atoms with Crippen molar-refractivity contribution < 1.29 is 9.32 Å². The van der Waals surface area contributed by atoms with Gasteiger partial charge in [-0.1, -0.05) is 18.0 Å². The van der Waals surface area contributed by atoms with Gasteiger partial charge in [0.1, 0.15) is 0 Å². The first-order valence-corrected chi connectivity index (χ1v) is 10.1. The molecular weight excluding hydrogens is 328 g/mol. The number of piperidine rings is 1. The van der Waals surface area contributed by atoms with Crippen molar-refractivity contribution in [3.8, 4) is 0 Å². The highest BCUT2D eigenvalue weighted by atomic mass is 16.5. The van der Waals surface area contributed by atoms with Crippen molar-refractivity contribution in [1.29, 1.82) is 0 Å². The van der Waals surface area contributed by atoms with Crippen LogP contribution in [0, 0.1) is 0 Å². The van der Waals surface area contributed by atoms with E-state index in [-0.39, 0.29) is 5.91 Å². The van der Waals surface area contributed by atoms with Gasteiger partial charge in [-0.15, -0.1) is 0 Å². The quantitative estimate of drug-likeness (QED) is 0.881. The van der Waals surface area contributed by atoms with Crippen molar-refractivity contribution in [3.63, 3.8) is 0 Å². The van der Waals surface area contributed by atoms with Crippen LogP contribution in [0.25, 0.3) is 11.1 Å². The Morgan fingerprint density at radius 3 is 2.58 bits per heavy atom. The second-order valence-electron chi connectivity index (χ2n) is 8.10. The first kappa shape index (κ1) is 16.2. The molecule has 2 N–H and O–H groups in total. The van der Waals surface area contributed by atoms with E-state index in [1.54, 1.807) is 0 Å². The monoisotopic (exact) mass is 354 g/mol. The second-order valence-corrected chi connectivity index (χ2v) is 8.10. The number of carbonyl (C=O) groups excluding carboxylic acids is 1. The molecule has 0 aromatic carbocycles. The zero-order valence-electron chi connectivity index (χ0n) is 15.1.